The van der Waals surface area contributed by atoms with Crippen molar-refractivity contribution in [1.82, 2.24) is 5.32 Å². The molecule has 4 N–H and O–H groups in total. The molecule has 0 saturated carbocycles. The number of carboxylic acid groups (broad SMARTS) is 1. The molecule has 0 aliphatic carbocycles. The van der Waals surface area contributed by atoms with Gasteiger partial charge in [0, 0.05) is 0 Å². The van der Waals surface area contributed by atoms with Crippen LogP contribution < -0.4 is 5.32 Å². The van der Waals surface area contributed by atoms with E-state index in [0.29, 0.717) is 0 Å². The van der Waals surface area contributed by atoms with Crippen LogP contribution in [-0.4, -0.2) is 34.2 Å². The molecule has 0 rings (SSSR count). The summed E-state index contributed by atoms with van der Waals surface area (Å²) in [5.41, 5.74) is 0. The molecule has 5 nitrogen and oxygen atoms in total. The standard InChI is InChI=1S/C3H7NO4/c5-2(6)1-4-3(7)8/h2,4-6H,1H2,(H,7,8). The van der Waals surface area contributed by atoms with Gasteiger partial charge in [-0.05, 0) is 0 Å². The molecule has 1 amide bonds. The molecule has 0 aromatic heterocycles. The van der Waals surface area contributed by atoms with Gasteiger partial charge in [0.15, 0.2) is 6.29 Å². The Labute approximate surface area is 45.6 Å². The lowest BCUT2D eigenvalue weighted by Gasteiger charge is -2.00. The number of nitrogens with one attached hydrogen (secondary N) is 1. The van der Waals surface area contributed by atoms with Gasteiger partial charge in [0.2, 0.25) is 0 Å². The van der Waals surface area contributed by atoms with E-state index in [4.69, 9.17) is 15.3 Å². The quantitative estimate of drug-likeness (QED) is 0.337. The van der Waals surface area contributed by atoms with E-state index < -0.39 is 12.4 Å². The van der Waals surface area contributed by atoms with Crippen LogP contribution in [0, 0.1) is 0 Å². The van der Waals surface area contributed by atoms with Gasteiger partial charge in [-0.25, -0.2) is 4.79 Å². The van der Waals surface area contributed by atoms with E-state index in [1.54, 1.807) is 5.32 Å². The first-order chi connectivity index (χ1) is 3.63. The maximum Gasteiger partial charge on any atom is 0.404 e. The monoisotopic (exact) mass is 121 g/mol. The molecule has 0 fully saturated rings. The zero-order valence-electron chi connectivity index (χ0n) is 4.03. The van der Waals surface area contributed by atoms with Crippen LogP contribution in [0.3, 0.4) is 0 Å². The van der Waals surface area contributed by atoms with Crippen LogP contribution in [0.15, 0.2) is 0 Å². The normalized spacial score (nSPS) is 9.38. The van der Waals surface area contributed by atoms with E-state index in [0.717, 1.165) is 0 Å². The number of amides is 1. The fraction of sp³-hybridized carbons (Fsp3) is 0.667. The van der Waals surface area contributed by atoms with Crippen molar-refractivity contribution in [2.45, 2.75) is 6.29 Å². The second-order valence-corrected chi connectivity index (χ2v) is 1.17. The molecule has 0 unspecified atom stereocenters. The van der Waals surface area contributed by atoms with Gasteiger partial charge in [0.25, 0.3) is 0 Å². The van der Waals surface area contributed by atoms with E-state index in [-0.39, 0.29) is 6.54 Å². The Morgan fingerprint density at radius 1 is 1.62 bits per heavy atom. The Morgan fingerprint density at radius 3 is 2.25 bits per heavy atom. The van der Waals surface area contributed by atoms with Crippen molar-refractivity contribution in [1.29, 1.82) is 0 Å². The molecule has 0 aromatic rings. The summed E-state index contributed by atoms with van der Waals surface area (Å²) < 4.78 is 0. The number of carbonyl (C=O) groups is 1. The Kier molecular flexibility index (Phi) is 2.90. The number of hydrogen-bond acceptors (Lipinski definition) is 3. The molecule has 48 valence electrons. The van der Waals surface area contributed by atoms with Crippen molar-refractivity contribution in [3.63, 3.8) is 0 Å². The van der Waals surface area contributed by atoms with Crippen molar-refractivity contribution >= 4 is 6.09 Å². The first-order valence-corrected chi connectivity index (χ1v) is 1.96. The second-order valence-electron chi connectivity index (χ2n) is 1.17. The molecule has 0 spiro atoms. The van der Waals surface area contributed by atoms with Crippen LogP contribution in [0.1, 0.15) is 0 Å². The molecule has 0 aromatic carbocycles. The van der Waals surface area contributed by atoms with Gasteiger partial charge in [-0.2, -0.15) is 0 Å². The van der Waals surface area contributed by atoms with E-state index in [9.17, 15) is 4.79 Å². The van der Waals surface area contributed by atoms with Gasteiger partial charge < -0.3 is 20.6 Å². The summed E-state index contributed by atoms with van der Waals surface area (Å²) in [5, 5.41) is 25.7. The minimum absolute atomic E-state index is 0.352. The van der Waals surface area contributed by atoms with Crippen molar-refractivity contribution < 1.29 is 20.1 Å². The Bertz CT molecular complexity index is 81.4. The lowest BCUT2D eigenvalue weighted by molar-refractivity contribution is -0.0362. The molecule has 0 saturated heterocycles. The van der Waals surface area contributed by atoms with Crippen LogP contribution in [-0.2, 0) is 0 Å². The third kappa shape index (κ3) is 5.19. The molecular formula is C3H7NO4. The van der Waals surface area contributed by atoms with Gasteiger partial charge >= 0.3 is 6.09 Å². The van der Waals surface area contributed by atoms with Gasteiger partial charge in [-0.3, -0.25) is 0 Å². The third-order valence-corrected chi connectivity index (χ3v) is 0.436. The minimum Gasteiger partial charge on any atom is -0.465 e. The van der Waals surface area contributed by atoms with Crippen molar-refractivity contribution in [2.75, 3.05) is 6.54 Å². The highest BCUT2D eigenvalue weighted by Crippen LogP contribution is 1.68. The lowest BCUT2D eigenvalue weighted by Crippen LogP contribution is -2.30. The van der Waals surface area contributed by atoms with Crippen molar-refractivity contribution in [3.05, 3.63) is 0 Å². The number of hydrogen-bond donors (Lipinski definition) is 4. The molecule has 0 bridgehead atoms. The smallest absolute Gasteiger partial charge is 0.404 e. The molecule has 0 radical (unpaired) electrons. The average molecular weight is 121 g/mol. The summed E-state index contributed by atoms with van der Waals surface area (Å²) in [4.78, 5) is 9.57. The molecule has 0 aliphatic heterocycles. The average Bonchev–Trinajstić information content (AvgIpc) is 1.61. The Morgan fingerprint density at radius 2 is 2.12 bits per heavy atom. The Hall–Kier alpha value is -0.810. The summed E-state index contributed by atoms with van der Waals surface area (Å²) in [6, 6.07) is 0. The zero-order valence-corrected chi connectivity index (χ0v) is 4.03. The highest BCUT2D eigenvalue weighted by atomic mass is 16.5. The van der Waals surface area contributed by atoms with Crippen LogP contribution in [0.2, 0.25) is 0 Å². The first-order valence-electron chi connectivity index (χ1n) is 1.96. The van der Waals surface area contributed by atoms with E-state index in [2.05, 4.69) is 0 Å². The maximum atomic E-state index is 9.57. The number of rotatable bonds is 2. The molecular weight excluding hydrogens is 114 g/mol. The summed E-state index contributed by atoms with van der Waals surface area (Å²) in [5.74, 6) is 0. The van der Waals surface area contributed by atoms with E-state index in [1.807, 2.05) is 0 Å². The molecule has 0 aliphatic rings. The number of aliphatic hydroxyl groups is 2. The Balaban J connectivity index is 3.05. The first kappa shape index (κ1) is 7.19. The van der Waals surface area contributed by atoms with Gasteiger partial charge in [0.05, 0.1) is 6.54 Å². The third-order valence-electron chi connectivity index (χ3n) is 0.436. The predicted octanol–water partition coefficient (Wildman–Crippen LogP) is -1.44. The van der Waals surface area contributed by atoms with Crippen molar-refractivity contribution in [2.24, 2.45) is 0 Å². The fourth-order valence-corrected chi connectivity index (χ4v) is 0.179. The summed E-state index contributed by atoms with van der Waals surface area (Å²) >= 11 is 0. The van der Waals surface area contributed by atoms with Gasteiger partial charge in [0.1, 0.15) is 0 Å². The molecule has 0 atom stereocenters. The van der Waals surface area contributed by atoms with E-state index >= 15 is 0 Å². The van der Waals surface area contributed by atoms with Crippen molar-refractivity contribution in [3.8, 4) is 0 Å². The van der Waals surface area contributed by atoms with Crippen LogP contribution in [0.5, 0.6) is 0 Å². The van der Waals surface area contributed by atoms with Gasteiger partial charge in [-0.15, -0.1) is 0 Å². The second kappa shape index (κ2) is 3.23. The SMILES string of the molecule is O=C(O)NCC(O)O. The highest BCUT2D eigenvalue weighted by molar-refractivity contribution is 5.64. The summed E-state index contributed by atoms with van der Waals surface area (Å²) in [7, 11) is 0. The maximum absolute atomic E-state index is 9.57. The van der Waals surface area contributed by atoms with Crippen LogP contribution in [0.4, 0.5) is 4.79 Å². The van der Waals surface area contributed by atoms with E-state index in [1.165, 1.54) is 0 Å². The lowest BCUT2D eigenvalue weighted by atomic mass is 10.6. The number of aliphatic hydroxyl groups excluding tert-OH is 1. The molecule has 5 heteroatoms. The zero-order chi connectivity index (χ0) is 6.57. The molecule has 0 heterocycles. The van der Waals surface area contributed by atoms with Crippen LogP contribution in [0.25, 0.3) is 0 Å². The summed E-state index contributed by atoms with van der Waals surface area (Å²) in [6.07, 6.45) is -2.87. The predicted molar refractivity (Wildman–Crippen MR) is 24.3 cm³/mol. The van der Waals surface area contributed by atoms with Crippen LogP contribution >= 0.6 is 0 Å². The minimum atomic E-state index is -1.61. The fourth-order valence-electron chi connectivity index (χ4n) is 0.179. The summed E-state index contributed by atoms with van der Waals surface area (Å²) in [6.45, 7) is -0.352. The molecule has 8 heavy (non-hydrogen) atoms. The topological polar surface area (TPSA) is 89.8 Å². The van der Waals surface area contributed by atoms with Gasteiger partial charge in [-0.1, -0.05) is 0 Å². The highest BCUT2D eigenvalue weighted by Gasteiger charge is 1.97. The largest absolute Gasteiger partial charge is 0.465 e.